The van der Waals surface area contributed by atoms with Crippen molar-refractivity contribution in [1.82, 2.24) is 4.57 Å². The third-order valence-corrected chi connectivity index (χ3v) is 14.4. The Morgan fingerprint density at radius 2 is 1.01 bits per heavy atom. The first-order valence-electron chi connectivity index (χ1n) is 23.1. The van der Waals surface area contributed by atoms with Crippen molar-refractivity contribution in [2.24, 2.45) is 0 Å². The molecule has 13 aromatic rings. The van der Waals surface area contributed by atoms with Crippen molar-refractivity contribution >= 4 is 82.7 Å². The van der Waals surface area contributed by atoms with E-state index >= 15 is 0 Å². The molecule has 4 heteroatoms. The number of anilines is 3. The molecule has 3 heterocycles. The number of rotatable bonds is 6. The summed E-state index contributed by atoms with van der Waals surface area (Å²) in [7, 11) is 0. The van der Waals surface area contributed by atoms with Crippen LogP contribution >= 0.6 is 0 Å². The Kier molecular flexibility index (Phi) is 8.00. The van der Waals surface area contributed by atoms with E-state index in [0.717, 1.165) is 88.9 Å². The van der Waals surface area contributed by atoms with E-state index in [0.29, 0.717) is 0 Å². The monoisotopic (exact) mass is 858 g/mol. The first-order valence-corrected chi connectivity index (χ1v) is 23.1. The maximum Gasteiger partial charge on any atom is 0.143 e. The van der Waals surface area contributed by atoms with E-state index in [1.807, 2.05) is 12.1 Å². The number of furan rings is 2. The van der Waals surface area contributed by atoms with E-state index in [2.05, 4.69) is 230 Å². The molecule has 0 bridgehead atoms. The summed E-state index contributed by atoms with van der Waals surface area (Å²) in [6.07, 6.45) is 0. The van der Waals surface area contributed by atoms with Crippen LogP contribution in [0.3, 0.4) is 0 Å². The van der Waals surface area contributed by atoms with E-state index in [9.17, 15) is 0 Å². The standard InChI is InChI=1S/C63H42N2O2/c1-63(2)51-22-9-6-19-48(51)60-52(63)23-13-25-55(60)65(43-33-29-39(30-34-43)44-20-12-21-47-46-18-8-11-27-57(46)67-62(44)47)56-26-14-28-59-61(56)50-38-41(32-36-58(50)66-59)40-31-35-54-49(37-40)45-17-7-10-24-53(45)64(54)42-15-4-3-5-16-42/h3-38H,1-2H3. The number of aromatic nitrogens is 1. The second-order valence-electron chi connectivity index (χ2n) is 18.4. The molecule has 0 amide bonds. The van der Waals surface area contributed by atoms with E-state index in [1.165, 1.54) is 44.1 Å². The number of para-hydroxylation sites is 4. The van der Waals surface area contributed by atoms with Gasteiger partial charge in [0.05, 0.1) is 27.8 Å². The summed E-state index contributed by atoms with van der Waals surface area (Å²) in [6, 6.07) is 78.9. The van der Waals surface area contributed by atoms with Crippen LogP contribution in [0.25, 0.3) is 105 Å². The normalized spacial score (nSPS) is 13.0. The molecule has 3 aromatic heterocycles. The Morgan fingerprint density at radius 3 is 1.90 bits per heavy atom. The molecule has 0 unspecified atom stereocenters. The van der Waals surface area contributed by atoms with Gasteiger partial charge < -0.3 is 18.3 Å². The highest BCUT2D eigenvalue weighted by atomic mass is 16.3. The average Bonchev–Trinajstić information content (AvgIpc) is 4.11. The number of fused-ring (bicyclic) bond motifs is 12. The SMILES string of the molecule is CC1(C)c2ccccc2-c2c(N(c3ccc(-c4cccc5c4oc4ccccc45)cc3)c3cccc4oc5ccc(-c6ccc7c(c6)c6ccccc6n7-c6ccccc6)cc5c34)cccc21. The average molecular weight is 859 g/mol. The van der Waals surface area contributed by atoms with Crippen molar-refractivity contribution in [1.29, 1.82) is 0 Å². The van der Waals surface area contributed by atoms with Crippen LogP contribution in [-0.4, -0.2) is 4.57 Å². The number of hydrogen-bond acceptors (Lipinski definition) is 3. The van der Waals surface area contributed by atoms with Gasteiger partial charge in [-0.05, 0) is 112 Å². The van der Waals surface area contributed by atoms with Gasteiger partial charge in [-0.15, -0.1) is 0 Å². The lowest BCUT2D eigenvalue weighted by molar-refractivity contribution is 0.660. The first kappa shape index (κ1) is 37.7. The van der Waals surface area contributed by atoms with Gasteiger partial charge in [-0.25, -0.2) is 0 Å². The van der Waals surface area contributed by atoms with Gasteiger partial charge in [0.2, 0.25) is 0 Å². The molecule has 0 saturated carbocycles. The molecule has 0 radical (unpaired) electrons. The second kappa shape index (κ2) is 14.2. The van der Waals surface area contributed by atoms with Gasteiger partial charge in [-0.3, -0.25) is 0 Å². The van der Waals surface area contributed by atoms with E-state index < -0.39 is 0 Å². The maximum atomic E-state index is 6.77. The van der Waals surface area contributed by atoms with Crippen LogP contribution in [0.1, 0.15) is 25.0 Å². The highest BCUT2D eigenvalue weighted by Crippen LogP contribution is 2.55. The quantitative estimate of drug-likeness (QED) is 0.167. The summed E-state index contributed by atoms with van der Waals surface area (Å²) in [5.41, 5.74) is 19.7. The summed E-state index contributed by atoms with van der Waals surface area (Å²) < 4.78 is 15.7. The summed E-state index contributed by atoms with van der Waals surface area (Å²) >= 11 is 0. The Hall–Kier alpha value is -8.60. The summed E-state index contributed by atoms with van der Waals surface area (Å²) in [4.78, 5) is 2.46. The Balaban J connectivity index is 0.970. The molecule has 14 rings (SSSR count). The predicted molar refractivity (Wildman–Crippen MR) is 278 cm³/mol. The molecule has 0 atom stereocenters. The molecule has 1 aliphatic carbocycles. The third kappa shape index (κ3) is 5.54. The topological polar surface area (TPSA) is 34.5 Å². The lowest BCUT2D eigenvalue weighted by atomic mass is 9.82. The van der Waals surface area contributed by atoms with Crippen LogP contribution in [0, 0.1) is 0 Å². The molecule has 0 spiro atoms. The molecule has 0 saturated heterocycles. The van der Waals surface area contributed by atoms with Gasteiger partial charge in [0.15, 0.2) is 0 Å². The van der Waals surface area contributed by atoms with Crippen LogP contribution in [0.4, 0.5) is 17.1 Å². The van der Waals surface area contributed by atoms with Crippen molar-refractivity contribution in [2.45, 2.75) is 19.3 Å². The van der Waals surface area contributed by atoms with Gasteiger partial charge in [0, 0.05) is 54.8 Å². The van der Waals surface area contributed by atoms with E-state index in [4.69, 9.17) is 8.83 Å². The third-order valence-electron chi connectivity index (χ3n) is 14.4. The summed E-state index contributed by atoms with van der Waals surface area (Å²) in [5, 5.41) is 6.85. The van der Waals surface area contributed by atoms with Crippen LogP contribution in [0.5, 0.6) is 0 Å². The van der Waals surface area contributed by atoms with Crippen LogP contribution in [0.15, 0.2) is 227 Å². The number of benzene rings is 10. The van der Waals surface area contributed by atoms with Gasteiger partial charge >= 0.3 is 0 Å². The molecule has 0 aliphatic heterocycles. The van der Waals surface area contributed by atoms with Crippen molar-refractivity contribution in [2.75, 3.05) is 4.90 Å². The zero-order valence-corrected chi connectivity index (χ0v) is 37.0. The molecule has 67 heavy (non-hydrogen) atoms. The smallest absolute Gasteiger partial charge is 0.143 e. The fourth-order valence-electron chi connectivity index (χ4n) is 11.3. The van der Waals surface area contributed by atoms with Crippen molar-refractivity contribution < 1.29 is 8.83 Å². The summed E-state index contributed by atoms with van der Waals surface area (Å²) in [6.45, 7) is 4.70. The number of hydrogen-bond donors (Lipinski definition) is 0. The van der Waals surface area contributed by atoms with Crippen LogP contribution < -0.4 is 4.90 Å². The predicted octanol–water partition coefficient (Wildman–Crippen LogP) is 17.7. The Morgan fingerprint density at radius 1 is 0.403 bits per heavy atom. The second-order valence-corrected chi connectivity index (χ2v) is 18.4. The van der Waals surface area contributed by atoms with E-state index in [-0.39, 0.29) is 5.41 Å². The zero-order valence-electron chi connectivity index (χ0n) is 37.0. The zero-order chi connectivity index (χ0) is 44.4. The molecule has 10 aromatic carbocycles. The fraction of sp³-hybridized carbons (Fsp3) is 0.0476. The number of nitrogens with zero attached hydrogens (tertiary/aromatic N) is 2. The van der Waals surface area contributed by atoms with E-state index in [1.54, 1.807) is 0 Å². The molecule has 4 nitrogen and oxygen atoms in total. The molecule has 316 valence electrons. The van der Waals surface area contributed by atoms with Crippen molar-refractivity contribution in [3.05, 3.63) is 230 Å². The lowest BCUT2D eigenvalue weighted by Crippen LogP contribution is -2.16. The maximum absolute atomic E-state index is 6.77. The highest BCUT2D eigenvalue weighted by Gasteiger charge is 2.38. The molecular weight excluding hydrogens is 817 g/mol. The van der Waals surface area contributed by atoms with Gasteiger partial charge in [-0.1, -0.05) is 153 Å². The minimum atomic E-state index is -0.166. The molecule has 0 fully saturated rings. The van der Waals surface area contributed by atoms with Crippen LogP contribution in [-0.2, 0) is 5.41 Å². The van der Waals surface area contributed by atoms with Crippen LogP contribution in [0.2, 0.25) is 0 Å². The largest absolute Gasteiger partial charge is 0.456 e. The molecule has 1 aliphatic rings. The first-order chi connectivity index (χ1) is 33.0. The highest BCUT2D eigenvalue weighted by molar-refractivity contribution is 6.16. The minimum Gasteiger partial charge on any atom is -0.456 e. The Bertz CT molecular complexity index is 4130. The minimum absolute atomic E-state index is 0.166. The van der Waals surface area contributed by atoms with Gasteiger partial charge in [0.1, 0.15) is 22.3 Å². The fourth-order valence-corrected chi connectivity index (χ4v) is 11.3. The molecule has 0 N–H and O–H groups in total. The van der Waals surface area contributed by atoms with Gasteiger partial charge in [-0.2, -0.15) is 0 Å². The van der Waals surface area contributed by atoms with Gasteiger partial charge in [0.25, 0.3) is 0 Å². The van der Waals surface area contributed by atoms with Crippen molar-refractivity contribution in [3.8, 4) is 39.1 Å². The lowest BCUT2D eigenvalue weighted by Gasteiger charge is -2.29. The summed E-state index contributed by atoms with van der Waals surface area (Å²) in [5.74, 6) is 0. The Labute approximate surface area is 387 Å². The molecular formula is C63H42N2O2. The van der Waals surface area contributed by atoms with Crippen molar-refractivity contribution in [3.63, 3.8) is 0 Å².